The Balaban J connectivity index is 0.00000225. The number of aryl methyl sites for hydroxylation is 1. The molecule has 0 bridgehead atoms. The van der Waals surface area contributed by atoms with Crippen LogP contribution in [0.25, 0.3) is 0 Å². The van der Waals surface area contributed by atoms with Crippen LogP contribution in [0.3, 0.4) is 0 Å². The highest BCUT2D eigenvalue weighted by Gasteiger charge is 2.29. The average Bonchev–Trinajstić information content (AvgIpc) is 3.10. The number of nitrogens with zero attached hydrogens (tertiary/aromatic N) is 1. The molecule has 3 nitrogen and oxygen atoms in total. The predicted molar refractivity (Wildman–Crippen MR) is 105 cm³/mol. The van der Waals surface area contributed by atoms with Crippen molar-refractivity contribution in [2.24, 2.45) is 5.73 Å². The summed E-state index contributed by atoms with van der Waals surface area (Å²) in [5, 5.41) is 0. The molecule has 0 spiro atoms. The van der Waals surface area contributed by atoms with Crippen LogP contribution < -0.4 is 5.73 Å². The van der Waals surface area contributed by atoms with Gasteiger partial charge in [0.2, 0.25) is 5.91 Å². The van der Waals surface area contributed by atoms with Gasteiger partial charge in [-0.25, -0.2) is 0 Å². The highest BCUT2D eigenvalue weighted by molar-refractivity contribution is 5.85. The van der Waals surface area contributed by atoms with Crippen molar-refractivity contribution in [1.29, 1.82) is 0 Å². The van der Waals surface area contributed by atoms with Crippen LogP contribution in [0.15, 0.2) is 60.7 Å². The Kier molecular flexibility index (Phi) is 7.48. The highest BCUT2D eigenvalue weighted by atomic mass is 35.5. The number of hydrogen-bond donors (Lipinski definition) is 1. The summed E-state index contributed by atoms with van der Waals surface area (Å²) in [5.74, 6) is 0.196. The molecule has 1 fully saturated rings. The number of rotatable bonds is 6. The summed E-state index contributed by atoms with van der Waals surface area (Å²) in [6, 6.07) is 20.6. The molecule has 1 heterocycles. The van der Waals surface area contributed by atoms with Gasteiger partial charge >= 0.3 is 0 Å². The van der Waals surface area contributed by atoms with Crippen molar-refractivity contribution in [3.05, 3.63) is 71.8 Å². The second kappa shape index (κ2) is 9.59. The smallest absolute Gasteiger partial charge is 0.224 e. The van der Waals surface area contributed by atoms with Crippen LogP contribution >= 0.6 is 12.4 Å². The van der Waals surface area contributed by atoms with E-state index in [1.807, 2.05) is 36.4 Å². The number of hydrogen-bond acceptors (Lipinski definition) is 2. The fraction of sp³-hybridized carbons (Fsp3) is 0.381. The third-order valence-electron chi connectivity index (χ3n) is 4.93. The first kappa shape index (κ1) is 19.5. The van der Waals surface area contributed by atoms with Gasteiger partial charge < -0.3 is 10.6 Å². The summed E-state index contributed by atoms with van der Waals surface area (Å²) in [7, 11) is 0. The molecule has 0 aliphatic carbocycles. The molecule has 2 atom stereocenters. The van der Waals surface area contributed by atoms with Crippen molar-refractivity contribution in [3.8, 4) is 0 Å². The monoisotopic (exact) mass is 358 g/mol. The van der Waals surface area contributed by atoms with Crippen molar-refractivity contribution in [1.82, 2.24) is 4.90 Å². The molecule has 0 saturated carbocycles. The van der Waals surface area contributed by atoms with E-state index in [9.17, 15) is 4.79 Å². The molecule has 1 saturated heterocycles. The third kappa shape index (κ3) is 5.32. The fourth-order valence-electron chi connectivity index (χ4n) is 3.57. The Morgan fingerprint density at radius 3 is 2.40 bits per heavy atom. The van der Waals surface area contributed by atoms with Gasteiger partial charge in [0.25, 0.3) is 0 Å². The molecule has 2 N–H and O–H groups in total. The van der Waals surface area contributed by atoms with E-state index < -0.39 is 0 Å². The molecule has 1 aliphatic heterocycles. The van der Waals surface area contributed by atoms with Crippen molar-refractivity contribution in [3.63, 3.8) is 0 Å². The summed E-state index contributed by atoms with van der Waals surface area (Å²) in [4.78, 5) is 14.8. The van der Waals surface area contributed by atoms with Crippen LogP contribution in [-0.4, -0.2) is 23.4 Å². The van der Waals surface area contributed by atoms with E-state index in [4.69, 9.17) is 5.73 Å². The molecule has 0 aromatic heterocycles. The summed E-state index contributed by atoms with van der Waals surface area (Å²) < 4.78 is 0. The minimum atomic E-state index is -0.214. The largest absolute Gasteiger partial charge is 0.340 e. The zero-order valence-corrected chi connectivity index (χ0v) is 15.3. The quantitative estimate of drug-likeness (QED) is 0.844. The number of carbonyl (C=O) groups is 1. The van der Waals surface area contributed by atoms with E-state index in [1.165, 1.54) is 5.56 Å². The normalized spacial score (nSPS) is 17.8. The molecule has 134 valence electrons. The first-order valence-corrected chi connectivity index (χ1v) is 8.88. The van der Waals surface area contributed by atoms with E-state index in [2.05, 4.69) is 29.2 Å². The van der Waals surface area contributed by atoms with Crippen LogP contribution in [-0.2, 0) is 11.2 Å². The number of benzene rings is 2. The van der Waals surface area contributed by atoms with Crippen LogP contribution in [0.2, 0.25) is 0 Å². The first-order valence-electron chi connectivity index (χ1n) is 8.88. The molecule has 2 unspecified atom stereocenters. The molecular formula is C21H27ClN2O. The summed E-state index contributed by atoms with van der Waals surface area (Å²) in [5.41, 5.74) is 8.60. The lowest BCUT2D eigenvalue weighted by atomic mass is 10.0. The van der Waals surface area contributed by atoms with Gasteiger partial charge in [-0.05, 0) is 36.8 Å². The average molecular weight is 359 g/mol. The molecule has 25 heavy (non-hydrogen) atoms. The van der Waals surface area contributed by atoms with Crippen LogP contribution in [0.4, 0.5) is 0 Å². The third-order valence-corrected chi connectivity index (χ3v) is 4.93. The topological polar surface area (TPSA) is 46.3 Å². The molecule has 2 aromatic carbocycles. The molecule has 0 radical (unpaired) electrons. The Bertz CT molecular complexity index is 647. The van der Waals surface area contributed by atoms with E-state index in [-0.39, 0.29) is 24.4 Å². The predicted octanol–water partition coefficient (Wildman–Crippen LogP) is 4.12. The van der Waals surface area contributed by atoms with Crippen molar-refractivity contribution in [2.75, 3.05) is 6.54 Å². The van der Waals surface area contributed by atoms with E-state index in [1.54, 1.807) is 0 Å². The molecule has 2 aromatic rings. The van der Waals surface area contributed by atoms with Crippen molar-refractivity contribution < 1.29 is 4.79 Å². The minimum Gasteiger partial charge on any atom is -0.340 e. The van der Waals surface area contributed by atoms with Gasteiger partial charge in [0.15, 0.2) is 0 Å². The molecule has 3 rings (SSSR count). The summed E-state index contributed by atoms with van der Waals surface area (Å²) in [6.45, 7) is 0.875. The first-order chi connectivity index (χ1) is 11.7. The Hall–Kier alpha value is -1.84. The second-order valence-corrected chi connectivity index (χ2v) is 6.63. The maximum absolute atomic E-state index is 12.7. The minimum absolute atomic E-state index is 0. The zero-order valence-electron chi connectivity index (χ0n) is 14.5. The van der Waals surface area contributed by atoms with Gasteiger partial charge in [-0.2, -0.15) is 0 Å². The summed E-state index contributed by atoms with van der Waals surface area (Å²) in [6.07, 6.45) is 4.67. The zero-order chi connectivity index (χ0) is 16.8. The lowest BCUT2D eigenvalue weighted by molar-refractivity contribution is -0.132. The van der Waals surface area contributed by atoms with Crippen LogP contribution in [0, 0.1) is 0 Å². The maximum Gasteiger partial charge on any atom is 0.224 e. The molecule has 4 heteroatoms. The molecule has 1 amide bonds. The number of amides is 1. The highest BCUT2D eigenvalue weighted by Crippen LogP contribution is 2.24. The van der Waals surface area contributed by atoms with Gasteiger partial charge in [-0.3, -0.25) is 4.79 Å². The van der Waals surface area contributed by atoms with E-state index in [0.717, 1.165) is 37.8 Å². The van der Waals surface area contributed by atoms with Crippen molar-refractivity contribution >= 4 is 18.3 Å². The summed E-state index contributed by atoms with van der Waals surface area (Å²) >= 11 is 0. The number of likely N-dealkylation sites (tertiary alicyclic amines) is 1. The Morgan fingerprint density at radius 2 is 1.72 bits per heavy atom. The van der Waals surface area contributed by atoms with E-state index in [0.29, 0.717) is 12.5 Å². The van der Waals surface area contributed by atoms with E-state index >= 15 is 0 Å². The fourth-order valence-corrected chi connectivity index (χ4v) is 3.57. The van der Waals surface area contributed by atoms with Gasteiger partial charge in [-0.1, -0.05) is 60.7 Å². The SMILES string of the molecule is Cl.NC(CC(=O)N1CCCC1CCc1ccccc1)c1ccccc1. The number of halogens is 1. The van der Waals surface area contributed by atoms with Gasteiger partial charge in [0, 0.05) is 25.0 Å². The Morgan fingerprint density at radius 1 is 1.08 bits per heavy atom. The van der Waals surface area contributed by atoms with Gasteiger partial charge in [0.1, 0.15) is 0 Å². The van der Waals surface area contributed by atoms with Crippen LogP contribution in [0.5, 0.6) is 0 Å². The maximum atomic E-state index is 12.7. The molecular weight excluding hydrogens is 332 g/mol. The molecule has 1 aliphatic rings. The van der Waals surface area contributed by atoms with Gasteiger partial charge in [-0.15, -0.1) is 12.4 Å². The Labute approximate surface area is 156 Å². The number of nitrogens with two attached hydrogens (primary N) is 1. The standard InChI is InChI=1S/C21H26N2O.ClH/c22-20(18-10-5-2-6-11-18)16-21(24)23-15-7-12-19(23)14-13-17-8-3-1-4-9-17;/h1-6,8-11,19-20H,7,12-16,22H2;1H. The lowest BCUT2D eigenvalue weighted by Gasteiger charge is -2.26. The van der Waals surface area contributed by atoms with Gasteiger partial charge in [0.05, 0.1) is 0 Å². The lowest BCUT2D eigenvalue weighted by Crippen LogP contribution is -2.37. The second-order valence-electron chi connectivity index (χ2n) is 6.63. The van der Waals surface area contributed by atoms with Crippen molar-refractivity contribution in [2.45, 2.75) is 44.2 Å². The number of carbonyl (C=O) groups excluding carboxylic acids is 1. The van der Waals surface area contributed by atoms with Crippen LogP contribution in [0.1, 0.15) is 42.9 Å².